The second-order valence-electron chi connectivity index (χ2n) is 5.66. The zero-order chi connectivity index (χ0) is 12.1. The number of aliphatic hydroxyl groups is 1. The van der Waals surface area contributed by atoms with Gasteiger partial charge in [-0.25, -0.2) is 0 Å². The van der Waals surface area contributed by atoms with Crippen LogP contribution in [-0.4, -0.2) is 34.7 Å². The van der Waals surface area contributed by atoms with Gasteiger partial charge in [-0.1, -0.05) is 27.2 Å². The summed E-state index contributed by atoms with van der Waals surface area (Å²) < 4.78 is 0. The Kier molecular flexibility index (Phi) is 6.46. The van der Waals surface area contributed by atoms with E-state index in [9.17, 15) is 5.11 Å². The van der Waals surface area contributed by atoms with Crippen molar-refractivity contribution >= 4 is 0 Å². The van der Waals surface area contributed by atoms with Crippen molar-refractivity contribution < 1.29 is 5.11 Å². The van der Waals surface area contributed by atoms with Gasteiger partial charge in [0.05, 0.1) is 6.10 Å². The second-order valence-corrected chi connectivity index (χ2v) is 5.66. The molecule has 2 heteroatoms. The van der Waals surface area contributed by atoms with Crippen LogP contribution >= 0.6 is 0 Å². The number of piperidine rings is 1. The first-order valence-electron chi connectivity index (χ1n) is 6.26. The van der Waals surface area contributed by atoms with Crippen molar-refractivity contribution in [2.45, 2.75) is 66.0 Å². The average molecular weight is 215 g/mol. The van der Waals surface area contributed by atoms with Crippen molar-refractivity contribution in [2.75, 3.05) is 13.1 Å². The van der Waals surface area contributed by atoms with Crippen molar-refractivity contribution in [3.05, 3.63) is 0 Å². The van der Waals surface area contributed by atoms with Gasteiger partial charge in [0.2, 0.25) is 0 Å². The average Bonchev–Trinajstić information content (AvgIpc) is 2.09. The fourth-order valence-corrected chi connectivity index (χ4v) is 1.66. The van der Waals surface area contributed by atoms with Gasteiger partial charge in [0.25, 0.3) is 0 Å². The molecule has 1 saturated heterocycles. The molecule has 0 bridgehead atoms. The topological polar surface area (TPSA) is 23.5 Å². The molecule has 0 saturated carbocycles. The van der Waals surface area contributed by atoms with Gasteiger partial charge in [0, 0.05) is 12.1 Å². The predicted octanol–water partition coefficient (Wildman–Crippen LogP) is 2.90. The summed E-state index contributed by atoms with van der Waals surface area (Å²) in [7, 11) is 0. The molecule has 1 aliphatic rings. The minimum atomic E-state index is -0.127. The Hall–Kier alpha value is -0.0800. The van der Waals surface area contributed by atoms with Gasteiger partial charge in [-0.3, -0.25) is 4.90 Å². The third kappa shape index (κ3) is 5.53. The van der Waals surface area contributed by atoms with Gasteiger partial charge in [-0.05, 0) is 39.7 Å². The Balaban J connectivity index is 0.000000583. The summed E-state index contributed by atoms with van der Waals surface area (Å²) in [4.78, 5) is 2.36. The molecular formula is C13H29NO. The second kappa shape index (κ2) is 6.49. The molecule has 2 nitrogen and oxygen atoms in total. The van der Waals surface area contributed by atoms with Crippen LogP contribution < -0.4 is 0 Å². The molecule has 0 aliphatic carbocycles. The molecule has 1 fully saturated rings. The maximum Gasteiger partial charge on any atom is 0.0693 e. The molecule has 0 amide bonds. The number of β-amino-alcohol motifs (C(OH)–C–C–N with tert-alkyl or cyclic N) is 1. The van der Waals surface area contributed by atoms with Crippen LogP contribution in [0.25, 0.3) is 0 Å². The van der Waals surface area contributed by atoms with E-state index in [2.05, 4.69) is 46.4 Å². The van der Waals surface area contributed by atoms with Crippen molar-refractivity contribution in [3.8, 4) is 0 Å². The van der Waals surface area contributed by atoms with Gasteiger partial charge in [0.15, 0.2) is 0 Å². The van der Waals surface area contributed by atoms with Crippen molar-refractivity contribution in [1.29, 1.82) is 0 Å². The first-order chi connectivity index (χ1) is 6.82. The van der Waals surface area contributed by atoms with Crippen LogP contribution in [0, 0.1) is 5.92 Å². The third-order valence-corrected chi connectivity index (χ3v) is 2.87. The van der Waals surface area contributed by atoms with Crippen LogP contribution in [-0.2, 0) is 0 Å². The number of rotatable bonds is 0. The fraction of sp³-hybridized carbons (Fsp3) is 1.00. The molecule has 0 aromatic rings. The molecule has 0 unspecified atom stereocenters. The van der Waals surface area contributed by atoms with E-state index in [0.29, 0.717) is 5.92 Å². The highest BCUT2D eigenvalue weighted by atomic mass is 16.3. The lowest BCUT2D eigenvalue weighted by atomic mass is 9.92. The number of hydrogen-bond donors (Lipinski definition) is 1. The summed E-state index contributed by atoms with van der Waals surface area (Å²) in [6, 6.07) is 0. The normalized spacial score (nSPS) is 28.2. The molecule has 1 aliphatic heterocycles. The molecule has 1 rings (SSSR count). The molecule has 2 atom stereocenters. The molecule has 0 aromatic carbocycles. The Bertz CT molecular complexity index is 162. The Morgan fingerprint density at radius 2 is 1.73 bits per heavy atom. The van der Waals surface area contributed by atoms with Crippen LogP contribution in [0.5, 0.6) is 0 Å². The first kappa shape index (κ1) is 14.9. The summed E-state index contributed by atoms with van der Waals surface area (Å²) in [5.74, 6) is 0.476. The lowest BCUT2D eigenvalue weighted by Crippen LogP contribution is -2.51. The van der Waals surface area contributed by atoms with Crippen LogP contribution in [0.15, 0.2) is 0 Å². The number of hydrogen-bond acceptors (Lipinski definition) is 2. The highest BCUT2D eigenvalue weighted by Gasteiger charge is 2.30. The summed E-state index contributed by atoms with van der Waals surface area (Å²) in [6.07, 6.45) is 2.25. The maximum atomic E-state index is 9.67. The summed E-state index contributed by atoms with van der Waals surface area (Å²) in [5.41, 5.74) is 0.209. The largest absolute Gasteiger partial charge is 0.392 e. The van der Waals surface area contributed by atoms with Crippen molar-refractivity contribution in [2.24, 2.45) is 5.92 Å². The number of aliphatic hydroxyl groups excluding tert-OH is 1. The molecule has 1 heterocycles. The number of nitrogens with zero attached hydrogens (tertiary/aromatic N) is 1. The van der Waals surface area contributed by atoms with E-state index in [-0.39, 0.29) is 11.6 Å². The minimum Gasteiger partial charge on any atom is -0.392 e. The van der Waals surface area contributed by atoms with Gasteiger partial charge in [-0.2, -0.15) is 0 Å². The zero-order valence-corrected chi connectivity index (χ0v) is 11.4. The smallest absolute Gasteiger partial charge is 0.0693 e. The minimum absolute atomic E-state index is 0.127. The predicted molar refractivity (Wildman–Crippen MR) is 67.1 cm³/mol. The zero-order valence-electron chi connectivity index (χ0n) is 11.4. The lowest BCUT2D eigenvalue weighted by molar-refractivity contribution is -0.00914. The molecule has 0 spiro atoms. The van der Waals surface area contributed by atoms with Gasteiger partial charge >= 0.3 is 0 Å². The Labute approximate surface area is 95.7 Å². The number of likely N-dealkylation sites (tertiary alicyclic amines) is 1. The highest BCUT2D eigenvalue weighted by molar-refractivity contribution is 4.84. The molecule has 92 valence electrons. The van der Waals surface area contributed by atoms with E-state index in [1.165, 1.54) is 6.42 Å². The lowest BCUT2D eigenvalue weighted by Gasteiger charge is -2.42. The van der Waals surface area contributed by atoms with E-state index in [4.69, 9.17) is 0 Å². The summed E-state index contributed by atoms with van der Waals surface area (Å²) in [6.45, 7) is 15.0. The monoisotopic (exact) mass is 215 g/mol. The van der Waals surface area contributed by atoms with Gasteiger partial charge in [0.1, 0.15) is 0 Å². The summed E-state index contributed by atoms with van der Waals surface area (Å²) >= 11 is 0. The fourth-order valence-electron chi connectivity index (χ4n) is 1.66. The molecule has 1 N–H and O–H groups in total. The highest BCUT2D eigenvalue weighted by Crippen LogP contribution is 2.23. The van der Waals surface area contributed by atoms with Crippen LogP contribution in [0.2, 0.25) is 0 Å². The van der Waals surface area contributed by atoms with E-state index in [0.717, 1.165) is 19.5 Å². The van der Waals surface area contributed by atoms with E-state index in [1.54, 1.807) is 0 Å². The van der Waals surface area contributed by atoms with E-state index < -0.39 is 0 Å². The van der Waals surface area contributed by atoms with E-state index in [1.807, 2.05) is 0 Å². The van der Waals surface area contributed by atoms with Gasteiger partial charge < -0.3 is 5.11 Å². The SMILES string of the molecule is CCC.C[C@H]1CCN(C(C)(C)C)C[C@H]1O. The third-order valence-electron chi connectivity index (χ3n) is 2.87. The summed E-state index contributed by atoms with van der Waals surface area (Å²) in [5, 5.41) is 9.67. The van der Waals surface area contributed by atoms with Crippen LogP contribution in [0.1, 0.15) is 54.4 Å². The molecule has 0 aromatic heterocycles. The first-order valence-corrected chi connectivity index (χ1v) is 6.26. The maximum absolute atomic E-state index is 9.67. The Morgan fingerprint density at radius 3 is 2.07 bits per heavy atom. The van der Waals surface area contributed by atoms with Crippen LogP contribution in [0.3, 0.4) is 0 Å². The van der Waals surface area contributed by atoms with Gasteiger partial charge in [-0.15, -0.1) is 0 Å². The van der Waals surface area contributed by atoms with Crippen molar-refractivity contribution in [1.82, 2.24) is 4.90 Å². The molecule has 15 heavy (non-hydrogen) atoms. The molecular weight excluding hydrogens is 186 g/mol. The van der Waals surface area contributed by atoms with E-state index >= 15 is 0 Å². The Morgan fingerprint density at radius 1 is 1.27 bits per heavy atom. The quantitative estimate of drug-likeness (QED) is 0.671. The standard InChI is InChI=1S/C10H21NO.C3H8/c1-8-5-6-11(7-9(8)12)10(2,3)4;1-3-2/h8-9,12H,5-7H2,1-4H3;3H2,1-2H3/t8-,9+;/m0./s1. The van der Waals surface area contributed by atoms with Crippen molar-refractivity contribution in [3.63, 3.8) is 0 Å². The van der Waals surface area contributed by atoms with Crippen LogP contribution in [0.4, 0.5) is 0 Å². The molecule has 0 radical (unpaired) electrons.